The Bertz CT molecular complexity index is 255. The summed E-state index contributed by atoms with van der Waals surface area (Å²) in [7, 11) is 0. The summed E-state index contributed by atoms with van der Waals surface area (Å²) < 4.78 is 0. The molecule has 0 aliphatic rings. The summed E-state index contributed by atoms with van der Waals surface area (Å²) in [4.78, 5) is 15.5. The third-order valence-corrected chi connectivity index (χ3v) is 2.71. The van der Waals surface area contributed by atoms with E-state index in [1.54, 1.807) is 6.20 Å². The summed E-state index contributed by atoms with van der Waals surface area (Å²) in [5.74, 6) is 0.198. The predicted octanol–water partition coefficient (Wildman–Crippen LogP) is 2.52. The van der Waals surface area contributed by atoms with Crippen molar-refractivity contribution in [3.8, 4) is 0 Å². The summed E-state index contributed by atoms with van der Waals surface area (Å²) in [6.07, 6.45) is 3.45. The standard InChI is InChI=1S/C9H14N2OS/c1-3-7(4-2)8(12)11-9-10-5-6-13-9/h5-7H,3-4H2,1-2H3,(H,10,11,12). The highest BCUT2D eigenvalue weighted by Crippen LogP contribution is 2.14. The van der Waals surface area contributed by atoms with Crippen LogP contribution in [0.4, 0.5) is 5.13 Å². The summed E-state index contributed by atoms with van der Waals surface area (Å²) in [6.45, 7) is 4.05. The molecular formula is C9H14N2OS. The molecule has 0 saturated heterocycles. The number of carbonyl (C=O) groups excluding carboxylic acids is 1. The first-order valence-corrected chi connectivity index (χ1v) is 5.36. The van der Waals surface area contributed by atoms with E-state index in [0.717, 1.165) is 12.8 Å². The van der Waals surface area contributed by atoms with Gasteiger partial charge in [0.05, 0.1) is 0 Å². The number of carbonyl (C=O) groups is 1. The quantitative estimate of drug-likeness (QED) is 0.807. The molecule has 0 fully saturated rings. The number of anilines is 1. The van der Waals surface area contributed by atoms with Crippen molar-refractivity contribution in [2.75, 3.05) is 5.32 Å². The molecule has 0 radical (unpaired) electrons. The number of hydrogen-bond donors (Lipinski definition) is 1. The van der Waals surface area contributed by atoms with E-state index >= 15 is 0 Å². The van der Waals surface area contributed by atoms with Crippen LogP contribution in [0.15, 0.2) is 11.6 Å². The molecule has 1 amide bonds. The predicted molar refractivity (Wildman–Crippen MR) is 54.8 cm³/mol. The highest BCUT2D eigenvalue weighted by atomic mass is 32.1. The first kappa shape index (κ1) is 10.2. The normalized spacial score (nSPS) is 10.4. The zero-order valence-electron chi connectivity index (χ0n) is 7.91. The molecule has 1 heterocycles. The Morgan fingerprint density at radius 3 is 2.77 bits per heavy atom. The number of amides is 1. The van der Waals surface area contributed by atoms with Crippen molar-refractivity contribution in [2.45, 2.75) is 26.7 Å². The summed E-state index contributed by atoms with van der Waals surface area (Å²) in [6, 6.07) is 0. The molecule has 1 N–H and O–H groups in total. The van der Waals surface area contributed by atoms with E-state index in [0.29, 0.717) is 5.13 Å². The molecule has 1 aromatic rings. The fourth-order valence-electron chi connectivity index (χ4n) is 1.15. The molecule has 3 nitrogen and oxygen atoms in total. The molecule has 0 aromatic carbocycles. The maximum absolute atomic E-state index is 11.5. The Kier molecular flexibility index (Phi) is 3.89. The minimum atomic E-state index is 0.0833. The first-order chi connectivity index (χ1) is 6.27. The number of rotatable bonds is 4. The summed E-state index contributed by atoms with van der Waals surface area (Å²) >= 11 is 1.45. The molecular weight excluding hydrogens is 184 g/mol. The van der Waals surface area contributed by atoms with Gasteiger partial charge in [0, 0.05) is 17.5 Å². The lowest BCUT2D eigenvalue weighted by molar-refractivity contribution is -0.120. The molecule has 13 heavy (non-hydrogen) atoms. The lowest BCUT2D eigenvalue weighted by Crippen LogP contribution is -2.21. The van der Waals surface area contributed by atoms with Gasteiger partial charge in [-0.2, -0.15) is 0 Å². The average molecular weight is 198 g/mol. The van der Waals surface area contributed by atoms with Crippen LogP contribution in [0, 0.1) is 5.92 Å². The largest absolute Gasteiger partial charge is 0.302 e. The second kappa shape index (κ2) is 4.97. The van der Waals surface area contributed by atoms with Crippen LogP contribution in [0.3, 0.4) is 0 Å². The Balaban J connectivity index is 2.49. The number of thiazole rings is 1. The third-order valence-electron chi connectivity index (χ3n) is 2.02. The molecule has 72 valence electrons. The zero-order valence-corrected chi connectivity index (χ0v) is 8.73. The van der Waals surface area contributed by atoms with E-state index in [-0.39, 0.29) is 11.8 Å². The van der Waals surface area contributed by atoms with Crippen molar-refractivity contribution in [2.24, 2.45) is 5.92 Å². The molecule has 0 saturated carbocycles. The van der Waals surface area contributed by atoms with E-state index in [4.69, 9.17) is 0 Å². The highest BCUT2D eigenvalue weighted by Gasteiger charge is 2.14. The van der Waals surface area contributed by atoms with Gasteiger partial charge >= 0.3 is 0 Å². The topological polar surface area (TPSA) is 42.0 Å². The molecule has 0 aliphatic carbocycles. The summed E-state index contributed by atoms with van der Waals surface area (Å²) in [5.41, 5.74) is 0. The molecule has 4 heteroatoms. The minimum Gasteiger partial charge on any atom is -0.302 e. The first-order valence-electron chi connectivity index (χ1n) is 4.48. The van der Waals surface area contributed by atoms with Crippen molar-refractivity contribution in [3.05, 3.63) is 11.6 Å². The van der Waals surface area contributed by atoms with Gasteiger partial charge in [0.2, 0.25) is 5.91 Å². The van der Waals surface area contributed by atoms with Crippen molar-refractivity contribution in [1.29, 1.82) is 0 Å². The van der Waals surface area contributed by atoms with Gasteiger partial charge in [-0.1, -0.05) is 13.8 Å². The Morgan fingerprint density at radius 2 is 2.31 bits per heavy atom. The van der Waals surface area contributed by atoms with Crippen LogP contribution >= 0.6 is 11.3 Å². The van der Waals surface area contributed by atoms with Gasteiger partial charge in [-0.25, -0.2) is 4.98 Å². The van der Waals surface area contributed by atoms with Crippen molar-refractivity contribution in [3.63, 3.8) is 0 Å². The summed E-state index contributed by atoms with van der Waals surface area (Å²) in [5, 5.41) is 5.33. The molecule has 0 spiro atoms. The zero-order chi connectivity index (χ0) is 9.68. The van der Waals surface area contributed by atoms with Gasteiger partial charge in [0.1, 0.15) is 0 Å². The minimum absolute atomic E-state index is 0.0833. The van der Waals surface area contributed by atoms with Crippen LogP contribution in [0.5, 0.6) is 0 Å². The van der Waals surface area contributed by atoms with Gasteiger partial charge in [0.25, 0.3) is 0 Å². The van der Waals surface area contributed by atoms with E-state index in [1.807, 2.05) is 19.2 Å². The van der Waals surface area contributed by atoms with E-state index in [9.17, 15) is 4.79 Å². The average Bonchev–Trinajstić information content (AvgIpc) is 2.59. The van der Waals surface area contributed by atoms with Crippen LogP contribution < -0.4 is 5.32 Å². The van der Waals surface area contributed by atoms with Crippen LogP contribution in [0.1, 0.15) is 26.7 Å². The molecule has 0 aliphatic heterocycles. The van der Waals surface area contributed by atoms with Crippen LogP contribution in [-0.4, -0.2) is 10.9 Å². The van der Waals surface area contributed by atoms with Crippen molar-refractivity contribution in [1.82, 2.24) is 4.98 Å². The Morgan fingerprint density at radius 1 is 1.62 bits per heavy atom. The smallest absolute Gasteiger partial charge is 0.229 e. The molecule has 1 rings (SSSR count). The van der Waals surface area contributed by atoms with Crippen molar-refractivity contribution < 1.29 is 4.79 Å². The highest BCUT2D eigenvalue weighted by molar-refractivity contribution is 7.13. The number of nitrogens with zero attached hydrogens (tertiary/aromatic N) is 1. The lowest BCUT2D eigenvalue weighted by atomic mass is 10.0. The number of hydrogen-bond acceptors (Lipinski definition) is 3. The number of aromatic nitrogens is 1. The third kappa shape index (κ3) is 2.81. The fourth-order valence-corrected chi connectivity index (χ4v) is 1.68. The van der Waals surface area contributed by atoms with E-state index in [2.05, 4.69) is 10.3 Å². The molecule has 0 unspecified atom stereocenters. The van der Waals surface area contributed by atoms with Crippen LogP contribution in [-0.2, 0) is 4.79 Å². The van der Waals surface area contributed by atoms with Gasteiger partial charge in [-0.3, -0.25) is 4.79 Å². The van der Waals surface area contributed by atoms with Gasteiger partial charge < -0.3 is 5.32 Å². The Hall–Kier alpha value is -0.900. The van der Waals surface area contributed by atoms with Gasteiger partial charge in [-0.05, 0) is 12.8 Å². The lowest BCUT2D eigenvalue weighted by Gasteiger charge is -2.10. The van der Waals surface area contributed by atoms with E-state index < -0.39 is 0 Å². The van der Waals surface area contributed by atoms with Crippen LogP contribution in [0.2, 0.25) is 0 Å². The van der Waals surface area contributed by atoms with Gasteiger partial charge in [0.15, 0.2) is 5.13 Å². The SMILES string of the molecule is CCC(CC)C(=O)Nc1nccs1. The van der Waals surface area contributed by atoms with Crippen LogP contribution in [0.25, 0.3) is 0 Å². The molecule has 0 atom stereocenters. The maximum atomic E-state index is 11.5. The van der Waals surface area contributed by atoms with E-state index in [1.165, 1.54) is 11.3 Å². The van der Waals surface area contributed by atoms with Gasteiger partial charge in [-0.15, -0.1) is 11.3 Å². The Labute approximate surface area is 82.2 Å². The second-order valence-electron chi connectivity index (χ2n) is 2.84. The number of nitrogens with one attached hydrogen (secondary N) is 1. The maximum Gasteiger partial charge on any atom is 0.229 e. The fraction of sp³-hybridized carbons (Fsp3) is 0.556. The van der Waals surface area contributed by atoms with Crippen molar-refractivity contribution >= 4 is 22.4 Å². The molecule has 1 aromatic heterocycles. The second-order valence-corrected chi connectivity index (χ2v) is 3.73. The molecule has 0 bridgehead atoms. The monoisotopic (exact) mass is 198 g/mol.